The smallest absolute Gasteiger partial charge is 0.278 e. The molecular formula is C23H20ClN3O5. The maximum absolute atomic E-state index is 13.1. The van der Waals surface area contributed by atoms with Crippen LogP contribution in [-0.2, 0) is 9.59 Å². The second-order valence-electron chi connectivity index (χ2n) is 8.06. The highest BCUT2D eigenvalue weighted by molar-refractivity contribution is 6.68. The van der Waals surface area contributed by atoms with Gasteiger partial charge in [-0.3, -0.25) is 19.7 Å². The van der Waals surface area contributed by atoms with Crippen LogP contribution in [0.5, 0.6) is 5.75 Å². The molecule has 32 heavy (non-hydrogen) atoms. The number of hydrogen-bond acceptors (Lipinski definition) is 6. The first-order valence-corrected chi connectivity index (χ1v) is 9.96. The number of amides is 1. The molecule has 3 aromatic carbocycles. The summed E-state index contributed by atoms with van der Waals surface area (Å²) < 4.78 is 0. The molecule has 0 heterocycles. The van der Waals surface area contributed by atoms with Gasteiger partial charge in [-0.15, -0.1) is 0 Å². The standard InChI is InChI=1S/C23H20ClN3O5/c1-23(2,3)21(29)20(22(30)26-18-12-13(27(31)32)8-9-16(18)24)25-17-10-11-19(28)15-7-5-4-6-14(15)17/h4-12,28H,1-3H3,(H,26,30). The molecule has 0 atom stereocenters. The Morgan fingerprint density at radius 2 is 1.72 bits per heavy atom. The van der Waals surface area contributed by atoms with Gasteiger partial charge in [0.2, 0.25) is 0 Å². The molecule has 0 aliphatic heterocycles. The summed E-state index contributed by atoms with van der Waals surface area (Å²) in [5.74, 6) is -1.35. The number of nitrogens with one attached hydrogen (secondary N) is 1. The van der Waals surface area contributed by atoms with Gasteiger partial charge in [0.15, 0.2) is 11.5 Å². The van der Waals surface area contributed by atoms with Crippen LogP contribution >= 0.6 is 11.6 Å². The fourth-order valence-electron chi connectivity index (χ4n) is 2.95. The monoisotopic (exact) mass is 453 g/mol. The van der Waals surface area contributed by atoms with Crippen molar-refractivity contribution < 1.29 is 19.6 Å². The molecule has 0 saturated heterocycles. The number of aliphatic imine (C=N–C) groups is 1. The van der Waals surface area contributed by atoms with E-state index in [1.54, 1.807) is 45.0 Å². The van der Waals surface area contributed by atoms with Gasteiger partial charge in [0.25, 0.3) is 11.6 Å². The van der Waals surface area contributed by atoms with E-state index in [-0.39, 0.29) is 22.1 Å². The molecule has 0 aliphatic carbocycles. The second-order valence-corrected chi connectivity index (χ2v) is 8.47. The molecule has 3 aromatic rings. The number of carbonyl (C=O) groups is 2. The van der Waals surface area contributed by atoms with Crippen molar-refractivity contribution in [2.75, 3.05) is 5.32 Å². The minimum atomic E-state index is -0.935. The third-order valence-electron chi connectivity index (χ3n) is 4.63. The number of fused-ring (bicyclic) bond motifs is 1. The van der Waals surface area contributed by atoms with Gasteiger partial charge in [0, 0.05) is 28.3 Å². The Morgan fingerprint density at radius 1 is 1.06 bits per heavy atom. The summed E-state index contributed by atoms with van der Waals surface area (Å²) in [6.07, 6.45) is 0. The minimum Gasteiger partial charge on any atom is -0.507 e. The number of nitro benzene ring substituents is 1. The van der Waals surface area contributed by atoms with E-state index >= 15 is 0 Å². The fraction of sp³-hybridized carbons (Fsp3) is 0.174. The summed E-state index contributed by atoms with van der Waals surface area (Å²) in [5, 5.41) is 24.8. The first-order valence-electron chi connectivity index (χ1n) is 9.58. The summed E-state index contributed by atoms with van der Waals surface area (Å²) in [4.78, 5) is 41.0. The highest BCUT2D eigenvalue weighted by Crippen LogP contribution is 2.33. The molecule has 0 saturated carbocycles. The molecule has 8 nitrogen and oxygen atoms in total. The number of rotatable bonds is 5. The van der Waals surface area contributed by atoms with Crippen molar-refractivity contribution in [1.29, 1.82) is 0 Å². The highest BCUT2D eigenvalue weighted by atomic mass is 35.5. The zero-order valence-electron chi connectivity index (χ0n) is 17.5. The minimum absolute atomic E-state index is 0.0177. The lowest BCUT2D eigenvalue weighted by molar-refractivity contribution is -0.384. The van der Waals surface area contributed by atoms with Crippen LogP contribution < -0.4 is 5.32 Å². The lowest BCUT2D eigenvalue weighted by atomic mass is 9.87. The van der Waals surface area contributed by atoms with E-state index in [0.717, 1.165) is 6.07 Å². The van der Waals surface area contributed by atoms with Crippen LogP contribution in [0, 0.1) is 15.5 Å². The van der Waals surface area contributed by atoms with Crippen LogP contribution in [-0.4, -0.2) is 27.4 Å². The van der Waals surface area contributed by atoms with Crippen molar-refractivity contribution in [3.63, 3.8) is 0 Å². The van der Waals surface area contributed by atoms with Gasteiger partial charge in [0.1, 0.15) is 5.75 Å². The Hall–Kier alpha value is -3.78. The van der Waals surface area contributed by atoms with Crippen LogP contribution in [0.1, 0.15) is 20.8 Å². The first kappa shape index (κ1) is 22.9. The maximum atomic E-state index is 13.1. The molecule has 0 spiro atoms. The summed E-state index contributed by atoms with van der Waals surface area (Å²) >= 11 is 6.08. The van der Waals surface area contributed by atoms with Gasteiger partial charge < -0.3 is 10.4 Å². The summed E-state index contributed by atoms with van der Waals surface area (Å²) in [7, 11) is 0. The molecular weight excluding hydrogens is 434 g/mol. The third kappa shape index (κ3) is 4.76. The topological polar surface area (TPSA) is 122 Å². The number of nitro groups is 1. The number of hydrogen-bond donors (Lipinski definition) is 2. The molecule has 9 heteroatoms. The Morgan fingerprint density at radius 3 is 2.34 bits per heavy atom. The lowest BCUT2D eigenvalue weighted by Gasteiger charge is -2.18. The summed E-state index contributed by atoms with van der Waals surface area (Å²) in [6, 6.07) is 13.4. The number of nitrogens with zero attached hydrogens (tertiary/aromatic N) is 2. The number of anilines is 1. The molecule has 3 rings (SSSR count). The van der Waals surface area contributed by atoms with Crippen molar-refractivity contribution in [1.82, 2.24) is 0 Å². The molecule has 164 valence electrons. The van der Waals surface area contributed by atoms with Crippen LogP contribution in [0.4, 0.5) is 17.1 Å². The van der Waals surface area contributed by atoms with Crippen LogP contribution in [0.15, 0.2) is 59.6 Å². The zero-order chi connectivity index (χ0) is 23.6. The van der Waals surface area contributed by atoms with Crippen molar-refractivity contribution in [2.24, 2.45) is 10.4 Å². The van der Waals surface area contributed by atoms with Gasteiger partial charge in [-0.25, -0.2) is 4.99 Å². The number of halogens is 1. The molecule has 0 aliphatic rings. The van der Waals surface area contributed by atoms with Crippen molar-refractivity contribution in [3.8, 4) is 5.75 Å². The van der Waals surface area contributed by atoms with E-state index in [4.69, 9.17) is 11.6 Å². The number of benzene rings is 3. The van der Waals surface area contributed by atoms with Crippen molar-refractivity contribution in [2.45, 2.75) is 20.8 Å². The average Bonchev–Trinajstić information content (AvgIpc) is 2.73. The highest BCUT2D eigenvalue weighted by Gasteiger charge is 2.31. The van der Waals surface area contributed by atoms with Gasteiger partial charge >= 0.3 is 0 Å². The van der Waals surface area contributed by atoms with E-state index in [2.05, 4.69) is 10.3 Å². The van der Waals surface area contributed by atoms with Crippen LogP contribution in [0.25, 0.3) is 10.8 Å². The van der Waals surface area contributed by atoms with Crippen LogP contribution in [0.2, 0.25) is 5.02 Å². The summed E-state index contributed by atoms with van der Waals surface area (Å²) in [6.45, 7) is 4.94. The molecule has 0 aromatic heterocycles. The number of phenolic OH excluding ortho intramolecular Hbond substituents is 1. The number of Topliss-reactive ketones (excluding diaryl/α,β-unsaturated/α-hetero) is 1. The Balaban J connectivity index is 2.12. The Labute approximate surface area is 188 Å². The first-order chi connectivity index (χ1) is 15.0. The molecule has 0 unspecified atom stereocenters. The number of aromatic hydroxyl groups is 1. The van der Waals surface area contributed by atoms with Gasteiger partial charge in [-0.2, -0.15) is 0 Å². The lowest BCUT2D eigenvalue weighted by Crippen LogP contribution is -2.37. The van der Waals surface area contributed by atoms with Crippen molar-refractivity contribution in [3.05, 3.63) is 69.7 Å². The van der Waals surface area contributed by atoms with Gasteiger partial charge in [-0.05, 0) is 18.2 Å². The Bertz CT molecular complexity index is 1280. The number of carbonyl (C=O) groups excluding carboxylic acids is 2. The maximum Gasteiger partial charge on any atom is 0.278 e. The average molecular weight is 454 g/mol. The summed E-state index contributed by atoms with van der Waals surface area (Å²) in [5.41, 5.74) is -1.30. The molecule has 0 bridgehead atoms. The predicted octanol–water partition coefficient (Wildman–Crippen LogP) is 5.43. The van der Waals surface area contributed by atoms with E-state index in [0.29, 0.717) is 16.5 Å². The van der Waals surface area contributed by atoms with E-state index in [1.807, 2.05) is 0 Å². The molecule has 0 fully saturated rings. The fourth-order valence-corrected chi connectivity index (χ4v) is 3.11. The normalized spacial score (nSPS) is 11.9. The van der Waals surface area contributed by atoms with E-state index in [1.165, 1.54) is 24.3 Å². The Kier molecular flexibility index (Phi) is 6.27. The third-order valence-corrected chi connectivity index (χ3v) is 4.96. The predicted molar refractivity (Wildman–Crippen MR) is 124 cm³/mol. The number of ketones is 1. The molecule has 1 amide bonds. The SMILES string of the molecule is CC(C)(C)C(=O)C(=Nc1ccc(O)c2ccccc12)C(=O)Nc1cc([N+](=O)[O-])ccc1Cl. The quantitative estimate of drug-likeness (QED) is 0.231. The second kappa shape index (κ2) is 8.76. The molecule has 2 N–H and O–H groups in total. The van der Waals surface area contributed by atoms with E-state index in [9.17, 15) is 24.8 Å². The van der Waals surface area contributed by atoms with Crippen LogP contribution in [0.3, 0.4) is 0 Å². The number of non-ortho nitro benzene ring substituents is 1. The van der Waals surface area contributed by atoms with E-state index < -0.39 is 27.7 Å². The zero-order valence-corrected chi connectivity index (χ0v) is 18.3. The van der Waals surface area contributed by atoms with Crippen molar-refractivity contribution >= 4 is 56.8 Å². The van der Waals surface area contributed by atoms with Gasteiger partial charge in [0.05, 0.1) is 21.3 Å². The van der Waals surface area contributed by atoms with Gasteiger partial charge in [-0.1, -0.05) is 56.6 Å². The largest absolute Gasteiger partial charge is 0.507 e. The number of phenols is 1. The molecule has 0 radical (unpaired) electrons.